The summed E-state index contributed by atoms with van der Waals surface area (Å²) in [6.07, 6.45) is 0. The van der Waals surface area contributed by atoms with Gasteiger partial charge in [0, 0.05) is 0 Å². The molecule has 0 bridgehead atoms. The van der Waals surface area contributed by atoms with Crippen LogP contribution in [0.15, 0.2) is 0 Å². The SMILES string of the molecule is [I][Ge]([I])([I])[Ge]([I])([I])[I]. The van der Waals surface area contributed by atoms with Gasteiger partial charge in [0.1, 0.15) is 0 Å². The average molecular weight is 907 g/mol. The Hall–Kier alpha value is 5.47. The van der Waals surface area contributed by atoms with E-state index in [-0.39, 0.29) is 0 Å². The van der Waals surface area contributed by atoms with E-state index in [0.29, 0.717) is 0 Å². The van der Waals surface area contributed by atoms with Crippen molar-refractivity contribution in [2.45, 2.75) is 0 Å². The third-order valence-corrected chi connectivity index (χ3v) is 391. The van der Waals surface area contributed by atoms with Gasteiger partial charge < -0.3 is 0 Å². The summed E-state index contributed by atoms with van der Waals surface area (Å²) >= 11 is 16.2. The van der Waals surface area contributed by atoms with Crippen LogP contribution in [0.1, 0.15) is 0 Å². The zero-order valence-corrected chi connectivity index (χ0v) is 20.4. The molecule has 0 aliphatic rings. The molecule has 0 atom stereocenters. The Labute approximate surface area is 119 Å². The van der Waals surface area contributed by atoms with Gasteiger partial charge in [0.25, 0.3) is 0 Å². The molecule has 0 radical (unpaired) electrons. The first kappa shape index (κ1) is 13.5. The van der Waals surface area contributed by atoms with Gasteiger partial charge >= 0.3 is 124 Å². The molecule has 50 valence electrons. The van der Waals surface area contributed by atoms with Gasteiger partial charge in [-0.2, -0.15) is 0 Å². The Bertz CT molecular complexity index is 61.5. The first-order valence-corrected chi connectivity index (χ1v) is 46.3. The van der Waals surface area contributed by atoms with Crippen molar-refractivity contribution in [3.63, 3.8) is 0 Å². The maximum atomic E-state index is 2.70. The predicted molar refractivity (Wildman–Crippen MR) is 95.6 cm³/mol. The molecule has 0 aliphatic heterocycles. The molecule has 0 unspecified atom stereocenters. The summed E-state index contributed by atoms with van der Waals surface area (Å²) in [6.45, 7) is 0. The summed E-state index contributed by atoms with van der Waals surface area (Å²) in [5, 5.41) is 0. The van der Waals surface area contributed by atoms with Gasteiger partial charge in [0.15, 0.2) is 0 Å². The fourth-order valence-electron chi connectivity index (χ4n) is 0. The van der Waals surface area contributed by atoms with Crippen LogP contribution in [0.3, 0.4) is 0 Å². The second-order valence-corrected chi connectivity index (χ2v) is 203. The molecule has 0 saturated carbocycles. The summed E-state index contributed by atoms with van der Waals surface area (Å²) in [7, 11) is 0. The molecule has 0 nitrogen and oxygen atoms in total. The molecule has 0 spiro atoms. The van der Waals surface area contributed by atoms with Crippen molar-refractivity contribution in [2.75, 3.05) is 0 Å². The van der Waals surface area contributed by atoms with Gasteiger partial charge in [0.2, 0.25) is 0 Å². The zero-order valence-electron chi connectivity index (χ0n) is 3.27. The Kier molecular flexibility index (Phi) is 9.04. The van der Waals surface area contributed by atoms with E-state index in [2.05, 4.69) is 121 Å². The van der Waals surface area contributed by atoms with Crippen LogP contribution in [0.4, 0.5) is 0 Å². The van der Waals surface area contributed by atoms with Crippen molar-refractivity contribution in [1.29, 1.82) is 0 Å². The van der Waals surface area contributed by atoms with E-state index < -0.39 is 2.74 Å². The van der Waals surface area contributed by atoms with E-state index in [1.54, 1.807) is 0 Å². The van der Waals surface area contributed by atoms with Crippen molar-refractivity contribution in [2.24, 2.45) is 0 Å². The van der Waals surface area contributed by atoms with Crippen LogP contribution in [0.2, 0.25) is 0 Å². The van der Waals surface area contributed by atoms with E-state index in [1.165, 1.54) is 0 Å². The van der Waals surface area contributed by atoms with Crippen LogP contribution in [-0.4, -0.2) is 2.74 Å². The quantitative estimate of drug-likeness (QED) is 0.268. The van der Waals surface area contributed by atoms with Gasteiger partial charge in [-0.3, -0.25) is 0 Å². The summed E-state index contributed by atoms with van der Waals surface area (Å²) in [5.41, 5.74) is 0. The Morgan fingerprint density at radius 1 is 0.500 bits per heavy atom. The summed E-state index contributed by atoms with van der Waals surface area (Å²) in [5.74, 6) is 0. The van der Waals surface area contributed by atoms with Crippen LogP contribution in [0, 0.1) is 0 Å². The zero-order chi connectivity index (χ0) is 7.00. The molecule has 0 aromatic rings. The Morgan fingerprint density at radius 3 is 0.625 bits per heavy atom. The van der Waals surface area contributed by atoms with E-state index in [1.807, 2.05) is 0 Å². The van der Waals surface area contributed by atoms with E-state index in [9.17, 15) is 0 Å². The molecular formula is Ge2I6. The van der Waals surface area contributed by atoms with E-state index in [0.717, 1.165) is 0 Å². The van der Waals surface area contributed by atoms with Crippen molar-refractivity contribution in [3.05, 3.63) is 0 Å². The molecule has 0 amide bonds. The third kappa shape index (κ3) is 6.00. The number of rotatable bonds is 1. The molecule has 0 fully saturated rings. The molecule has 0 aromatic carbocycles. The van der Waals surface area contributed by atoms with Crippen molar-refractivity contribution >= 4 is 124 Å². The molecule has 8 heavy (non-hydrogen) atoms. The number of hydrogen-bond acceptors (Lipinski definition) is 0. The minimum atomic E-state index is -1.26. The molecule has 0 N–H and O–H groups in total. The second-order valence-electron chi connectivity index (χ2n) is 0.996. The minimum absolute atomic E-state index is 1.25. The van der Waals surface area contributed by atoms with Crippen LogP contribution in [-0.2, 0) is 0 Å². The summed E-state index contributed by atoms with van der Waals surface area (Å²) in [4.78, 5) is 0. The van der Waals surface area contributed by atoms with Crippen LogP contribution in [0.5, 0.6) is 0 Å². The van der Waals surface area contributed by atoms with Gasteiger partial charge in [0.05, 0.1) is 0 Å². The molecule has 8 heteroatoms. The molecule has 0 heterocycles. The standard InChI is InChI=1S/Ge2I6/c3-1(4,5)2(6,7)8. The predicted octanol–water partition coefficient (Wildman–Crippen LogP) is 4.55. The normalized spacial score (nSPS) is 14.2. The Morgan fingerprint density at radius 2 is 0.625 bits per heavy atom. The van der Waals surface area contributed by atoms with Gasteiger partial charge in [-0.05, 0) is 0 Å². The van der Waals surface area contributed by atoms with Crippen molar-refractivity contribution in [1.82, 2.24) is 0 Å². The molecular weight excluding hydrogens is 907 g/mol. The molecule has 0 aromatic heterocycles. The van der Waals surface area contributed by atoms with Gasteiger partial charge in [-0.25, -0.2) is 0 Å². The Balaban J connectivity index is 4.02. The molecule has 0 saturated heterocycles. The third-order valence-electron chi connectivity index (χ3n) is 0.321. The second kappa shape index (κ2) is 5.37. The number of halogens is 6. The molecule has 0 aliphatic carbocycles. The van der Waals surface area contributed by atoms with Crippen LogP contribution < -0.4 is 0 Å². The van der Waals surface area contributed by atoms with Crippen LogP contribution >= 0.6 is 121 Å². The van der Waals surface area contributed by atoms with Crippen LogP contribution in [0.25, 0.3) is 0 Å². The first-order valence-electron chi connectivity index (χ1n) is 1.38. The fraction of sp³-hybridized carbons (Fsp3) is 0. The van der Waals surface area contributed by atoms with Gasteiger partial charge in [-0.1, -0.05) is 0 Å². The number of hydrogen-bond donors (Lipinski definition) is 0. The molecule has 0 rings (SSSR count). The van der Waals surface area contributed by atoms with Gasteiger partial charge in [-0.15, -0.1) is 0 Å². The van der Waals surface area contributed by atoms with Crippen molar-refractivity contribution < 1.29 is 0 Å². The first-order chi connectivity index (χ1) is 3.25. The van der Waals surface area contributed by atoms with E-state index in [4.69, 9.17) is 0 Å². The summed E-state index contributed by atoms with van der Waals surface area (Å²) < 4.78 is -2.51. The van der Waals surface area contributed by atoms with E-state index >= 15 is 0 Å². The fourth-order valence-corrected chi connectivity index (χ4v) is 0. The monoisotopic (exact) mass is 909 g/mol. The topological polar surface area (TPSA) is 0 Å². The van der Waals surface area contributed by atoms with Crippen molar-refractivity contribution in [3.8, 4) is 0 Å². The summed E-state index contributed by atoms with van der Waals surface area (Å²) in [6, 6.07) is 0. The maximum absolute atomic E-state index is 2.70. The average Bonchev–Trinajstić information content (AvgIpc) is 1.25.